The van der Waals surface area contributed by atoms with Gasteiger partial charge < -0.3 is 19.3 Å². The van der Waals surface area contributed by atoms with Crippen molar-refractivity contribution in [3.63, 3.8) is 0 Å². The standard InChI is InChI=1S/C19H28O8/c1-10-4-5-13-11(2)15(16(22)23-9-7-14(20)21)24-17-19(13)12(10)6-8-18(3,25-17)26-27-19/h10-13,15,17H,4-9H2,1-3H3,(H,20,21)/t10-,11-,12+,13?,15+,17-,18+,19?/m1/s1. The number of ether oxygens (including phenoxy) is 3. The van der Waals surface area contributed by atoms with Crippen LogP contribution in [0.25, 0.3) is 0 Å². The van der Waals surface area contributed by atoms with Crippen molar-refractivity contribution < 1.29 is 38.7 Å². The molecule has 4 heterocycles. The van der Waals surface area contributed by atoms with E-state index in [-0.39, 0.29) is 30.8 Å². The first-order valence-corrected chi connectivity index (χ1v) is 9.85. The van der Waals surface area contributed by atoms with Crippen LogP contribution in [0.1, 0.15) is 52.9 Å². The van der Waals surface area contributed by atoms with E-state index in [1.807, 2.05) is 13.8 Å². The molecule has 5 fully saturated rings. The topological polar surface area (TPSA) is 101 Å². The molecule has 0 aromatic carbocycles. The van der Waals surface area contributed by atoms with Crippen LogP contribution in [0.3, 0.4) is 0 Å². The lowest BCUT2D eigenvalue weighted by Gasteiger charge is -2.60. The lowest BCUT2D eigenvalue weighted by atomic mass is 9.57. The van der Waals surface area contributed by atoms with Gasteiger partial charge in [-0.3, -0.25) is 4.79 Å². The maximum absolute atomic E-state index is 12.6. The molecule has 2 bridgehead atoms. The highest BCUT2D eigenvalue weighted by molar-refractivity contribution is 5.76. The third kappa shape index (κ3) is 2.97. The molecule has 4 aliphatic heterocycles. The van der Waals surface area contributed by atoms with Crippen molar-refractivity contribution >= 4 is 11.9 Å². The summed E-state index contributed by atoms with van der Waals surface area (Å²) in [6, 6.07) is 0. The first-order valence-electron chi connectivity index (χ1n) is 9.85. The summed E-state index contributed by atoms with van der Waals surface area (Å²) in [6.07, 6.45) is 1.84. The Bertz CT molecular complexity index is 623. The van der Waals surface area contributed by atoms with Gasteiger partial charge in [0, 0.05) is 12.3 Å². The molecule has 0 aromatic heterocycles. The molecule has 5 rings (SSSR count). The largest absolute Gasteiger partial charge is 0.481 e. The third-order valence-corrected chi connectivity index (χ3v) is 6.95. The highest BCUT2D eigenvalue weighted by Gasteiger charge is 2.70. The van der Waals surface area contributed by atoms with E-state index < -0.39 is 35.7 Å². The fourth-order valence-electron chi connectivity index (χ4n) is 5.50. The van der Waals surface area contributed by atoms with Crippen LogP contribution in [0.5, 0.6) is 0 Å². The number of rotatable bonds is 4. The fourth-order valence-corrected chi connectivity index (χ4v) is 5.50. The van der Waals surface area contributed by atoms with Gasteiger partial charge in [0.2, 0.25) is 5.79 Å². The van der Waals surface area contributed by atoms with Crippen molar-refractivity contribution in [2.24, 2.45) is 23.7 Å². The van der Waals surface area contributed by atoms with Crippen LogP contribution in [0.4, 0.5) is 0 Å². The fraction of sp³-hybridized carbons (Fsp3) is 0.895. The monoisotopic (exact) mass is 384 g/mol. The van der Waals surface area contributed by atoms with Crippen molar-refractivity contribution in [2.75, 3.05) is 6.61 Å². The van der Waals surface area contributed by atoms with E-state index >= 15 is 0 Å². The Balaban J connectivity index is 1.60. The number of hydrogen-bond acceptors (Lipinski definition) is 7. The summed E-state index contributed by atoms with van der Waals surface area (Å²) in [5.41, 5.74) is -0.717. The minimum absolute atomic E-state index is 0.0390. The molecule has 0 radical (unpaired) electrons. The number of carbonyl (C=O) groups is 2. The number of carbonyl (C=O) groups excluding carboxylic acids is 1. The highest BCUT2D eigenvalue weighted by atomic mass is 17.3. The van der Waals surface area contributed by atoms with Crippen molar-refractivity contribution in [1.29, 1.82) is 0 Å². The molecular formula is C19H28O8. The minimum Gasteiger partial charge on any atom is -0.481 e. The van der Waals surface area contributed by atoms with Crippen LogP contribution in [0.15, 0.2) is 0 Å². The Morgan fingerprint density at radius 3 is 2.67 bits per heavy atom. The van der Waals surface area contributed by atoms with E-state index in [9.17, 15) is 9.59 Å². The van der Waals surface area contributed by atoms with Crippen LogP contribution in [-0.2, 0) is 33.6 Å². The van der Waals surface area contributed by atoms with E-state index in [1.54, 1.807) is 0 Å². The summed E-state index contributed by atoms with van der Waals surface area (Å²) in [7, 11) is 0. The summed E-state index contributed by atoms with van der Waals surface area (Å²) < 4.78 is 17.5. The van der Waals surface area contributed by atoms with Crippen LogP contribution in [0, 0.1) is 23.7 Å². The Labute approximate surface area is 158 Å². The van der Waals surface area contributed by atoms with E-state index in [2.05, 4.69) is 6.92 Å². The molecule has 8 atom stereocenters. The van der Waals surface area contributed by atoms with Gasteiger partial charge in [-0.25, -0.2) is 14.6 Å². The molecule has 8 heteroatoms. The van der Waals surface area contributed by atoms with Crippen LogP contribution >= 0.6 is 0 Å². The maximum Gasteiger partial charge on any atom is 0.335 e. The zero-order valence-electron chi connectivity index (χ0n) is 16.0. The average Bonchev–Trinajstić information content (AvgIpc) is 2.84. The van der Waals surface area contributed by atoms with Crippen molar-refractivity contribution in [3.05, 3.63) is 0 Å². The molecule has 1 aliphatic carbocycles. The van der Waals surface area contributed by atoms with E-state index in [4.69, 9.17) is 29.1 Å². The van der Waals surface area contributed by atoms with Crippen LogP contribution in [0.2, 0.25) is 0 Å². The summed E-state index contributed by atoms with van der Waals surface area (Å²) in [5.74, 6) is -1.87. The first-order chi connectivity index (χ1) is 12.8. The molecule has 0 amide bonds. The van der Waals surface area contributed by atoms with Gasteiger partial charge in [0.15, 0.2) is 18.0 Å². The lowest BCUT2D eigenvalue weighted by Crippen LogP contribution is -2.71. The molecule has 5 aliphatic rings. The summed E-state index contributed by atoms with van der Waals surface area (Å²) in [4.78, 5) is 35.0. The third-order valence-electron chi connectivity index (χ3n) is 6.95. The molecular weight excluding hydrogens is 356 g/mol. The normalized spacial score (nSPS) is 48.4. The summed E-state index contributed by atoms with van der Waals surface area (Å²) >= 11 is 0. The molecule has 152 valence electrons. The maximum atomic E-state index is 12.6. The van der Waals surface area contributed by atoms with Gasteiger partial charge in [-0.2, -0.15) is 0 Å². The summed E-state index contributed by atoms with van der Waals surface area (Å²) in [6.45, 7) is 5.86. The van der Waals surface area contributed by atoms with Gasteiger partial charge in [0.1, 0.15) is 6.61 Å². The van der Waals surface area contributed by atoms with E-state index in [0.717, 1.165) is 19.3 Å². The molecule has 0 aromatic rings. The molecule has 1 spiro atoms. The Morgan fingerprint density at radius 1 is 1.15 bits per heavy atom. The number of fused-ring (bicyclic) bond motifs is 2. The number of carboxylic acids is 1. The molecule has 2 unspecified atom stereocenters. The van der Waals surface area contributed by atoms with Gasteiger partial charge in [-0.05, 0) is 43.9 Å². The van der Waals surface area contributed by atoms with Crippen molar-refractivity contribution in [1.82, 2.24) is 0 Å². The number of aliphatic carboxylic acids is 1. The minimum atomic E-state index is -1.01. The predicted octanol–water partition coefficient (Wildman–Crippen LogP) is 2.25. The highest BCUT2D eigenvalue weighted by Crippen LogP contribution is 2.60. The van der Waals surface area contributed by atoms with Gasteiger partial charge in [-0.1, -0.05) is 13.8 Å². The average molecular weight is 384 g/mol. The number of esters is 1. The van der Waals surface area contributed by atoms with Crippen LogP contribution < -0.4 is 0 Å². The molecule has 27 heavy (non-hydrogen) atoms. The van der Waals surface area contributed by atoms with Gasteiger partial charge in [0.05, 0.1) is 6.42 Å². The predicted molar refractivity (Wildman–Crippen MR) is 90.0 cm³/mol. The Morgan fingerprint density at radius 2 is 1.93 bits per heavy atom. The van der Waals surface area contributed by atoms with Crippen molar-refractivity contribution in [3.8, 4) is 0 Å². The second-order valence-electron chi connectivity index (χ2n) is 8.64. The molecule has 4 saturated heterocycles. The van der Waals surface area contributed by atoms with E-state index in [0.29, 0.717) is 12.3 Å². The zero-order chi connectivity index (χ0) is 19.4. The lowest BCUT2D eigenvalue weighted by molar-refractivity contribution is -0.569. The zero-order valence-corrected chi connectivity index (χ0v) is 16.0. The van der Waals surface area contributed by atoms with Gasteiger partial charge in [-0.15, -0.1) is 0 Å². The van der Waals surface area contributed by atoms with Crippen molar-refractivity contribution in [2.45, 2.75) is 76.7 Å². The Kier molecular flexibility index (Phi) is 4.73. The van der Waals surface area contributed by atoms with Crippen LogP contribution in [-0.4, -0.2) is 47.4 Å². The number of hydrogen-bond donors (Lipinski definition) is 1. The number of carboxylic acid groups (broad SMARTS) is 1. The SMILES string of the molecule is C[C@@H]1CCC2[C@@H](C)[C@@H](C(=O)OCCC(=O)O)O[C@@H]3O[C@]4(C)CC[C@@H]1C23OO4. The molecule has 8 nitrogen and oxygen atoms in total. The molecule has 1 saturated carbocycles. The first kappa shape index (κ1) is 19.1. The van der Waals surface area contributed by atoms with E-state index in [1.165, 1.54) is 0 Å². The second-order valence-corrected chi connectivity index (χ2v) is 8.64. The van der Waals surface area contributed by atoms with Gasteiger partial charge >= 0.3 is 11.9 Å². The quantitative estimate of drug-likeness (QED) is 0.582. The summed E-state index contributed by atoms with van der Waals surface area (Å²) in [5, 5.41) is 8.74. The second kappa shape index (κ2) is 6.69. The Hall–Kier alpha value is -1.22. The smallest absolute Gasteiger partial charge is 0.335 e. The van der Waals surface area contributed by atoms with Gasteiger partial charge in [0.25, 0.3) is 0 Å². The molecule has 1 N–H and O–H groups in total.